The second-order valence-corrected chi connectivity index (χ2v) is 6.80. The molecule has 0 aromatic heterocycles. The third-order valence-electron chi connectivity index (χ3n) is 2.98. The van der Waals surface area contributed by atoms with Gasteiger partial charge < -0.3 is 10.6 Å². The molecule has 0 aliphatic rings. The number of hydrogen-bond donors (Lipinski definition) is 3. The van der Waals surface area contributed by atoms with E-state index < -0.39 is 21.8 Å². The number of halogens is 1. The van der Waals surface area contributed by atoms with Crippen LogP contribution in [0.25, 0.3) is 0 Å². The van der Waals surface area contributed by atoms with Crippen molar-refractivity contribution in [3.63, 3.8) is 0 Å². The summed E-state index contributed by atoms with van der Waals surface area (Å²) in [5.41, 5.74) is 0.762. The van der Waals surface area contributed by atoms with Gasteiger partial charge in [0.2, 0.25) is 15.9 Å². The van der Waals surface area contributed by atoms with Crippen molar-refractivity contribution in [2.75, 3.05) is 11.9 Å². The normalized spacial score (nSPS) is 10.9. The molecule has 0 atom stereocenters. The number of amides is 2. The first-order valence-electron chi connectivity index (χ1n) is 6.72. The van der Waals surface area contributed by atoms with Gasteiger partial charge in [-0.05, 0) is 48.5 Å². The van der Waals surface area contributed by atoms with Gasteiger partial charge in [0.15, 0.2) is 0 Å². The fourth-order valence-corrected chi connectivity index (χ4v) is 2.44. The van der Waals surface area contributed by atoms with Gasteiger partial charge in [-0.2, -0.15) is 0 Å². The van der Waals surface area contributed by atoms with Gasteiger partial charge in [0.05, 0.1) is 11.4 Å². The molecule has 9 heteroatoms. The molecule has 2 aromatic carbocycles. The van der Waals surface area contributed by atoms with Crippen molar-refractivity contribution in [3.8, 4) is 0 Å². The topological polar surface area (TPSA) is 118 Å². The van der Waals surface area contributed by atoms with Crippen molar-refractivity contribution in [3.05, 3.63) is 59.1 Å². The van der Waals surface area contributed by atoms with E-state index in [0.717, 1.165) is 0 Å². The molecule has 0 bridgehead atoms. The number of sulfonamides is 1. The summed E-state index contributed by atoms with van der Waals surface area (Å²) in [7, 11) is -3.78. The monoisotopic (exact) mass is 367 g/mol. The first-order chi connectivity index (χ1) is 11.3. The van der Waals surface area contributed by atoms with Gasteiger partial charge >= 0.3 is 0 Å². The van der Waals surface area contributed by atoms with Gasteiger partial charge in [-0.3, -0.25) is 9.59 Å². The number of primary sulfonamides is 1. The highest BCUT2D eigenvalue weighted by Gasteiger charge is 2.10. The van der Waals surface area contributed by atoms with Crippen LogP contribution in [0.4, 0.5) is 5.69 Å². The van der Waals surface area contributed by atoms with Crippen LogP contribution >= 0.6 is 11.6 Å². The summed E-state index contributed by atoms with van der Waals surface area (Å²) in [5.74, 6) is -0.868. The van der Waals surface area contributed by atoms with E-state index >= 15 is 0 Å². The highest BCUT2D eigenvalue weighted by atomic mass is 35.5. The third kappa shape index (κ3) is 5.05. The summed E-state index contributed by atoms with van der Waals surface area (Å²) < 4.78 is 22.3. The molecule has 126 valence electrons. The molecule has 4 N–H and O–H groups in total. The van der Waals surface area contributed by atoms with E-state index in [0.29, 0.717) is 16.3 Å². The lowest BCUT2D eigenvalue weighted by Gasteiger charge is -2.07. The van der Waals surface area contributed by atoms with Gasteiger partial charge in [-0.25, -0.2) is 13.6 Å². The summed E-state index contributed by atoms with van der Waals surface area (Å²) in [5, 5.41) is 10.5. The Kier molecular flexibility index (Phi) is 5.55. The molecule has 24 heavy (non-hydrogen) atoms. The molecule has 0 radical (unpaired) electrons. The summed E-state index contributed by atoms with van der Waals surface area (Å²) >= 11 is 5.73. The van der Waals surface area contributed by atoms with Crippen LogP contribution in [0.15, 0.2) is 53.4 Å². The lowest BCUT2D eigenvalue weighted by molar-refractivity contribution is -0.115. The van der Waals surface area contributed by atoms with Crippen molar-refractivity contribution in [2.24, 2.45) is 5.14 Å². The fourth-order valence-electron chi connectivity index (χ4n) is 1.80. The maximum absolute atomic E-state index is 11.9. The smallest absolute Gasteiger partial charge is 0.251 e. The molecule has 2 aromatic rings. The average molecular weight is 368 g/mol. The summed E-state index contributed by atoms with van der Waals surface area (Å²) in [6.45, 7) is -0.238. The van der Waals surface area contributed by atoms with Crippen molar-refractivity contribution in [1.82, 2.24) is 5.32 Å². The minimum absolute atomic E-state index is 0.0588. The van der Waals surface area contributed by atoms with Gasteiger partial charge in [0.25, 0.3) is 5.91 Å². The SMILES string of the molecule is NS(=O)(=O)c1ccc(NC(=O)CNC(=O)c2ccc(Cl)cc2)cc1. The Morgan fingerprint density at radius 3 is 2.12 bits per heavy atom. The van der Waals surface area contributed by atoms with Crippen LogP contribution < -0.4 is 15.8 Å². The van der Waals surface area contributed by atoms with E-state index in [2.05, 4.69) is 10.6 Å². The van der Waals surface area contributed by atoms with Crippen molar-refractivity contribution in [2.45, 2.75) is 4.90 Å². The molecule has 2 amide bonds. The molecule has 0 unspecified atom stereocenters. The molecule has 0 spiro atoms. The molecule has 0 heterocycles. The molecule has 0 aliphatic heterocycles. The van der Waals surface area contributed by atoms with Crippen molar-refractivity contribution in [1.29, 1.82) is 0 Å². The van der Waals surface area contributed by atoms with E-state index in [1.807, 2.05) is 0 Å². The van der Waals surface area contributed by atoms with Gasteiger partial charge in [-0.15, -0.1) is 0 Å². The quantitative estimate of drug-likeness (QED) is 0.739. The zero-order chi connectivity index (χ0) is 17.7. The highest BCUT2D eigenvalue weighted by Crippen LogP contribution is 2.12. The van der Waals surface area contributed by atoms with Crippen LogP contribution in [-0.4, -0.2) is 26.8 Å². The molecule has 2 rings (SSSR count). The Hall–Kier alpha value is -2.42. The maximum Gasteiger partial charge on any atom is 0.251 e. The molecule has 7 nitrogen and oxygen atoms in total. The number of anilines is 1. The molecular formula is C15H14ClN3O4S. The third-order valence-corrected chi connectivity index (χ3v) is 4.16. The predicted octanol–water partition coefficient (Wildman–Crippen LogP) is 1.36. The van der Waals surface area contributed by atoms with E-state index in [9.17, 15) is 18.0 Å². The fraction of sp³-hybridized carbons (Fsp3) is 0.0667. The molecular weight excluding hydrogens is 354 g/mol. The summed E-state index contributed by atoms with van der Waals surface area (Å²) in [6, 6.07) is 11.6. The number of carbonyl (C=O) groups is 2. The average Bonchev–Trinajstić information content (AvgIpc) is 2.53. The summed E-state index contributed by atoms with van der Waals surface area (Å²) in [6.07, 6.45) is 0. The van der Waals surface area contributed by atoms with Crippen molar-refractivity contribution >= 4 is 39.1 Å². The zero-order valence-corrected chi connectivity index (χ0v) is 13.9. The highest BCUT2D eigenvalue weighted by molar-refractivity contribution is 7.89. The van der Waals surface area contributed by atoms with Crippen LogP contribution in [0, 0.1) is 0 Å². The standard InChI is InChI=1S/C15H14ClN3O4S/c16-11-3-1-10(2-4-11)15(21)18-9-14(20)19-12-5-7-13(8-6-12)24(17,22)23/h1-8H,9H2,(H,18,21)(H,19,20)(H2,17,22,23). The Balaban J connectivity index is 1.89. The Bertz CT molecular complexity index is 849. The second kappa shape index (κ2) is 7.43. The van der Waals surface area contributed by atoms with E-state index in [4.69, 9.17) is 16.7 Å². The molecule has 0 saturated heterocycles. The zero-order valence-electron chi connectivity index (χ0n) is 12.3. The minimum Gasteiger partial charge on any atom is -0.343 e. The molecule has 0 aliphatic carbocycles. The van der Waals surface area contributed by atoms with Gasteiger partial charge in [0.1, 0.15) is 0 Å². The minimum atomic E-state index is -3.78. The number of nitrogens with one attached hydrogen (secondary N) is 2. The van der Waals surface area contributed by atoms with E-state index in [1.54, 1.807) is 24.3 Å². The first kappa shape index (κ1) is 17.9. The molecule has 0 fully saturated rings. The van der Waals surface area contributed by atoms with Crippen LogP contribution in [0.2, 0.25) is 5.02 Å². The van der Waals surface area contributed by atoms with Crippen LogP contribution in [0.1, 0.15) is 10.4 Å². The van der Waals surface area contributed by atoms with E-state index in [1.165, 1.54) is 24.3 Å². The largest absolute Gasteiger partial charge is 0.343 e. The van der Waals surface area contributed by atoms with Crippen LogP contribution in [0.5, 0.6) is 0 Å². The lowest BCUT2D eigenvalue weighted by atomic mass is 10.2. The Morgan fingerprint density at radius 1 is 1.00 bits per heavy atom. The molecule has 0 saturated carbocycles. The predicted molar refractivity (Wildman–Crippen MR) is 90.2 cm³/mol. The first-order valence-corrected chi connectivity index (χ1v) is 8.64. The Labute approximate surface area is 143 Å². The van der Waals surface area contributed by atoms with Gasteiger partial charge in [-0.1, -0.05) is 11.6 Å². The number of nitrogens with two attached hydrogens (primary N) is 1. The number of benzene rings is 2. The second-order valence-electron chi connectivity index (χ2n) is 4.81. The number of carbonyl (C=O) groups excluding carboxylic acids is 2. The van der Waals surface area contributed by atoms with Crippen LogP contribution in [0.3, 0.4) is 0 Å². The van der Waals surface area contributed by atoms with E-state index in [-0.39, 0.29) is 11.4 Å². The maximum atomic E-state index is 11.9. The van der Waals surface area contributed by atoms with Crippen LogP contribution in [-0.2, 0) is 14.8 Å². The van der Waals surface area contributed by atoms with Crippen molar-refractivity contribution < 1.29 is 18.0 Å². The Morgan fingerprint density at radius 2 is 1.58 bits per heavy atom. The number of rotatable bonds is 5. The lowest BCUT2D eigenvalue weighted by Crippen LogP contribution is -2.32. The van der Waals surface area contributed by atoms with Gasteiger partial charge in [0, 0.05) is 16.3 Å². The number of hydrogen-bond acceptors (Lipinski definition) is 4. The summed E-state index contributed by atoms with van der Waals surface area (Å²) in [4.78, 5) is 23.6.